The summed E-state index contributed by atoms with van der Waals surface area (Å²) in [5, 5.41) is 0.192. The Balaban J connectivity index is 2.12. The average Bonchev–Trinajstić information content (AvgIpc) is 2.84. The van der Waals surface area contributed by atoms with Crippen LogP contribution in [0.3, 0.4) is 0 Å². The van der Waals surface area contributed by atoms with Crippen molar-refractivity contribution < 1.29 is 8.42 Å². The molecule has 2 heterocycles. The van der Waals surface area contributed by atoms with Crippen LogP contribution in [0.1, 0.15) is 33.1 Å². The third-order valence-corrected chi connectivity index (χ3v) is 5.70. The minimum Gasteiger partial charge on any atom is -0.335 e. The van der Waals surface area contributed by atoms with Crippen molar-refractivity contribution in [3.8, 4) is 0 Å². The molecule has 17 heavy (non-hydrogen) atoms. The quantitative estimate of drug-likeness (QED) is 0.894. The fourth-order valence-electron chi connectivity index (χ4n) is 2.14. The molecule has 5 nitrogen and oxygen atoms in total. The van der Waals surface area contributed by atoms with E-state index in [9.17, 15) is 8.42 Å². The molecule has 1 fully saturated rings. The van der Waals surface area contributed by atoms with E-state index >= 15 is 0 Å². The van der Waals surface area contributed by atoms with Crippen LogP contribution in [0.5, 0.6) is 0 Å². The molecule has 0 saturated carbocycles. The van der Waals surface area contributed by atoms with E-state index < -0.39 is 10.0 Å². The van der Waals surface area contributed by atoms with Crippen LogP contribution in [-0.2, 0) is 10.0 Å². The average molecular weight is 257 g/mol. The van der Waals surface area contributed by atoms with Gasteiger partial charge in [0.15, 0.2) is 5.03 Å². The lowest BCUT2D eigenvalue weighted by molar-refractivity contribution is 0.168. The number of hydrogen-bond donors (Lipinski definition) is 1. The SMILES string of the molecule is CCC1(C)CCN(S(=O)(=O)c2cnc[nH]2)CC1. The number of nitrogens with one attached hydrogen (secondary N) is 1. The van der Waals surface area contributed by atoms with Crippen LogP contribution < -0.4 is 0 Å². The summed E-state index contributed by atoms with van der Waals surface area (Å²) < 4.78 is 26.0. The number of H-pyrrole nitrogens is 1. The van der Waals surface area contributed by atoms with Crippen molar-refractivity contribution >= 4 is 10.0 Å². The highest BCUT2D eigenvalue weighted by Crippen LogP contribution is 2.35. The Morgan fingerprint density at radius 1 is 1.47 bits per heavy atom. The first-order valence-corrected chi connectivity index (χ1v) is 7.40. The number of imidazole rings is 1. The lowest BCUT2D eigenvalue weighted by atomic mass is 9.79. The van der Waals surface area contributed by atoms with Gasteiger partial charge < -0.3 is 4.98 Å². The second kappa shape index (κ2) is 4.42. The zero-order valence-electron chi connectivity index (χ0n) is 10.3. The van der Waals surface area contributed by atoms with Crippen molar-refractivity contribution in [1.29, 1.82) is 0 Å². The van der Waals surface area contributed by atoms with Crippen molar-refractivity contribution in [3.05, 3.63) is 12.5 Å². The molecule has 2 rings (SSSR count). The number of hydrogen-bond acceptors (Lipinski definition) is 3. The van der Waals surface area contributed by atoms with Crippen LogP contribution in [0.4, 0.5) is 0 Å². The number of rotatable bonds is 3. The molecule has 1 aliphatic heterocycles. The summed E-state index contributed by atoms with van der Waals surface area (Å²) in [7, 11) is -3.36. The highest BCUT2D eigenvalue weighted by Gasteiger charge is 2.34. The van der Waals surface area contributed by atoms with Gasteiger partial charge in [0, 0.05) is 13.1 Å². The number of aromatic nitrogens is 2. The first kappa shape index (κ1) is 12.6. The zero-order valence-corrected chi connectivity index (χ0v) is 11.1. The van der Waals surface area contributed by atoms with E-state index in [0.29, 0.717) is 18.5 Å². The molecule has 0 aromatic carbocycles. The summed E-state index contributed by atoms with van der Waals surface area (Å²) in [6.07, 6.45) is 5.72. The first-order chi connectivity index (χ1) is 7.98. The molecule has 0 amide bonds. The Kier molecular flexibility index (Phi) is 3.27. The Bertz CT molecular complexity index is 459. The molecule has 0 spiro atoms. The van der Waals surface area contributed by atoms with Crippen molar-refractivity contribution in [3.63, 3.8) is 0 Å². The van der Waals surface area contributed by atoms with Gasteiger partial charge in [-0.2, -0.15) is 4.31 Å². The van der Waals surface area contributed by atoms with Crippen molar-refractivity contribution in [2.24, 2.45) is 5.41 Å². The maximum absolute atomic E-state index is 12.2. The molecule has 1 N–H and O–H groups in total. The van der Waals surface area contributed by atoms with Gasteiger partial charge in [0.2, 0.25) is 0 Å². The highest BCUT2D eigenvalue weighted by molar-refractivity contribution is 7.89. The van der Waals surface area contributed by atoms with E-state index in [1.807, 2.05) is 0 Å². The number of piperidine rings is 1. The van der Waals surface area contributed by atoms with E-state index in [0.717, 1.165) is 19.3 Å². The van der Waals surface area contributed by atoms with Gasteiger partial charge in [-0.25, -0.2) is 13.4 Å². The molecule has 96 valence electrons. The minimum atomic E-state index is -3.36. The van der Waals surface area contributed by atoms with Crippen LogP contribution in [0, 0.1) is 5.41 Å². The van der Waals surface area contributed by atoms with Crippen LogP contribution in [0.15, 0.2) is 17.6 Å². The van der Waals surface area contributed by atoms with Gasteiger partial charge in [0.1, 0.15) is 0 Å². The van der Waals surface area contributed by atoms with E-state index in [-0.39, 0.29) is 5.03 Å². The predicted octanol–water partition coefficient (Wildman–Crippen LogP) is 1.61. The molecule has 1 aliphatic rings. The number of nitrogens with zero attached hydrogens (tertiary/aromatic N) is 2. The molecule has 0 unspecified atom stereocenters. The Hall–Kier alpha value is -0.880. The van der Waals surface area contributed by atoms with Crippen molar-refractivity contribution in [2.45, 2.75) is 38.1 Å². The number of sulfonamides is 1. The minimum absolute atomic E-state index is 0.192. The highest BCUT2D eigenvalue weighted by atomic mass is 32.2. The van der Waals surface area contributed by atoms with Gasteiger partial charge in [-0.3, -0.25) is 0 Å². The van der Waals surface area contributed by atoms with Crippen LogP contribution >= 0.6 is 0 Å². The van der Waals surface area contributed by atoms with Gasteiger partial charge in [0.25, 0.3) is 10.0 Å². The van der Waals surface area contributed by atoms with Crippen LogP contribution in [0.25, 0.3) is 0 Å². The topological polar surface area (TPSA) is 66.1 Å². The molecular weight excluding hydrogens is 238 g/mol. The summed E-state index contributed by atoms with van der Waals surface area (Å²) >= 11 is 0. The number of aromatic amines is 1. The molecule has 1 saturated heterocycles. The molecule has 0 aliphatic carbocycles. The maximum atomic E-state index is 12.2. The predicted molar refractivity (Wildman–Crippen MR) is 65.0 cm³/mol. The molecule has 0 atom stereocenters. The zero-order chi connectivity index (χ0) is 12.5. The lowest BCUT2D eigenvalue weighted by Crippen LogP contribution is -2.41. The Morgan fingerprint density at radius 3 is 2.59 bits per heavy atom. The summed E-state index contributed by atoms with van der Waals surface area (Å²) in [6.45, 7) is 5.60. The monoisotopic (exact) mass is 257 g/mol. The van der Waals surface area contributed by atoms with Crippen LogP contribution in [0.2, 0.25) is 0 Å². The summed E-state index contributed by atoms with van der Waals surface area (Å²) in [4.78, 5) is 6.44. The van der Waals surface area contributed by atoms with Crippen molar-refractivity contribution in [1.82, 2.24) is 14.3 Å². The van der Waals surface area contributed by atoms with Gasteiger partial charge in [0.05, 0.1) is 12.5 Å². The summed E-state index contributed by atoms with van der Waals surface area (Å²) in [5.41, 5.74) is 0.292. The smallest absolute Gasteiger partial charge is 0.260 e. The summed E-state index contributed by atoms with van der Waals surface area (Å²) in [5.74, 6) is 0. The van der Waals surface area contributed by atoms with Gasteiger partial charge >= 0.3 is 0 Å². The normalized spacial score (nSPS) is 21.5. The van der Waals surface area contributed by atoms with Gasteiger partial charge in [-0.05, 0) is 18.3 Å². The maximum Gasteiger partial charge on any atom is 0.260 e. The molecule has 6 heteroatoms. The third kappa shape index (κ3) is 2.37. The first-order valence-electron chi connectivity index (χ1n) is 5.96. The second-order valence-electron chi connectivity index (χ2n) is 4.98. The Morgan fingerprint density at radius 2 is 2.12 bits per heavy atom. The fraction of sp³-hybridized carbons (Fsp3) is 0.727. The van der Waals surface area contributed by atoms with Crippen LogP contribution in [-0.4, -0.2) is 35.8 Å². The molecule has 1 aromatic heterocycles. The second-order valence-corrected chi connectivity index (χ2v) is 6.89. The largest absolute Gasteiger partial charge is 0.335 e. The van der Waals surface area contributed by atoms with Gasteiger partial charge in [-0.1, -0.05) is 20.3 Å². The van der Waals surface area contributed by atoms with E-state index in [2.05, 4.69) is 23.8 Å². The third-order valence-electron chi connectivity index (χ3n) is 3.87. The lowest BCUT2D eigenvalue weighted by Gasteiger charge is -2.37. The van der Waals surface area contributed by atoms with Crippen molar-refractivity contribution in [2.75, 3.05) is 13.1 Å². The fourth-order valence-corrected chi connectivity index (χ4v) is 3.48. The van der Waals surface area contributed by atoms with E-state index in [1.54, 1.807) is 4.31 Å². The summed E-state index contributed by atoms with van der Waals surface area (Å²) in [6, 6.07) is 0. The molecular formula is C11H19N3O2S. The molecule has 0 radical (unpaired) electrons. The molecule has 0 bridgehead atoms. The molecule has 1 aromatic rings. The standard InChI is InChI=1S/C11H19N3O2S/c1-3-11(2)4-6-14(7-5-11)17(15,16)10-8-12-9-13-10/h8-9H,3-7H2,1-2H3,(H,12,13). The Labute approximate surface area is 102 Å². The van der Waals surface area contributed by atoms with E-state index in [4.69, 9.17) is 0 Å². The van der Waals surface area contributed by atoms with E-state index in [1.165, 1.54) is 12.5 Å². The van der Waals surface area contributed by atoms with Gasteiger partial charge in [-0.15, -0.1) is 0 Å².